The molecule has 0 spiro atoms. The van der Waals surface area contributed by atoms with Crippen LogP contribution in [0.3, 0.4) is 0 Å². The predicted octanol–water partition coefficient (Wildman–Crippen LogP) is 3.25. The fraction of sp³-hybridized carbons (Fsp3) is 0.0588. The average molecular weight is 396 g/mol. The van der Waals surface area contributed by atoms with Gasteiger partial charge in [0.25, 0.3) is 5.69 Å². The zero-order valence-electron chi connectivity index (χ0n) is 14.2. The summed E-state index contributed by atoms with van der Waals surface area (Å²) in [7, 11) is 0. The van der Waals surface area contributed by atoms with Gasteiger partial charge < -0.3 is 4.42 Å². The molecule has 0 saturated carbocycles. The lowest BCUT2D eigenvalue weighted by Gasteiger charge is -1.98. The van der Waals surface area contributed by atoms with Crippen molar-refractivity contribution >= 4 is 40.5 Å². The highest BCUT2D eigenvalue weighted by Gasteiger charge is 2.13. The molecular weight excluding hydrogens is 384 g/mol. The molecular formula is C17H12N6O4S. The van der Waals surface area contributed by atoms with E-state index >= 15 is 0 Å². The number of H-pyrrole nitrogens is 1. The first-order valence-corrected chi connectivity index (χ1v) is 9.02. The van der Waals surface area contributed by atoms with Crippen molar-refractivity contribution in [3.8, 4) is 11.4 Å². The highest BCUT2D eigenvalue weighted by atomic mass is 32.2. The maximum Gasteiger partial charge on any atom is 0.302 e. The summed E-state index contributed by atoms with van der Waals surface area (Å²) in [5.74, 6) is 0.106. The minimum absolute atomic E-state index is 0.0409. The van der Waals surface area contributed by atoms with Crippen LogP contribution in [0.5, 0.6) is 0 Å². The highest BCUT2D eigenvalue weighted by molar-refractivity contribution is 7.99. The van der Waals surface area contributed by atoms with Gasteiger partial charge in [-0.2, -0.15) is 4.98 Å². The third kappa shape index (κ3) is 3.83. The van der Waals surface area contributed by atoms with E-state index in [9.17, 15) is 14.9 Å². The van der Waals surface area contributed by atoms with Gasteiger partial charge in [0, 0.05) is 17.7 Å². The van der Waals surface area contributed by atoms with Crippen LogP contribution >= 0.6 is 11.8 Å². The van der Waals surface area contributed by atoms with E-state index < -0.39 is 4.92 Å². The lowest BCUT2D eigenvalue weighted by atomic mass is 10.2. The number of aromatic amines is 1. The van der Waals surface area contributed by atoms with Crippen molar-refractivity contribution in [2.24, 2.45) is 0 Å². The van der Waals surface area contributed by atoms with Gasteiger partial charge in [0.05, 0.1) is 10.7 Å². The Hall–Kier alpha value is -3.73. The van der Waals surface area contributed by atoms with E-state index in [1.165, 1.54) is 12.1 Å². The molecule has 0 unspecified atom stereocenters. The Balaban J connectivity index is 1.38. The quantitative estimate of drug-likeness (QED) is 0.287. The van der Waals surface area contributed by atoms with Crippen molar-refractivity contribution in [3.63, 3.8) is 0 Å². The molecule has 28 heavy (non-hydrogen) atoms. The molecule has 0 radical (unpaired) electrons. The van der Waals surface area contributed by atoms with Crippen molar-refractivity contribution in [2.45, 2.75) is 5.16 Å². The van der Waals surface area contributed by atoms with E-state index in [1.54, 1.807) is 24.3 Å². The molecule has 0 aliphatic rings. The lowest BCUT2D eigenvalue weighted by molar-refractivity contribution is -0.384. The number of nitro benzene ring substituents is 1. The van der Waals surface area contributed by atoms with Crippen LogP contribution < -0.4 is 5.32 Å². The van der Waals surface area contributed by atoms with Crippen LogP contribution in [0.4, 0.5) is 11.7 Å². The Kier molecular flexibility index (Phi) is 4.72. The molecule has 0 saturated heterocycles. The number of hydrogen-bond acceptors (Lipinski definition) is 8. The van der Waals surface area contributed by atoms with Gasteiger partial charge in [-0.1, -0.05) is 36.0 Å². The van der Waals surface area contributed by atoms with E-state index in [1.807, 2.05) is 12.1 Å². The third-order valence-corrected chi connectivity index (χ3v) is 4.52. The van der Waals surface area contributed by atoms with E-state index in [0.717, 1.165) is 11.8 Å². The Bertz CT molecular complexity index is 1140. The number of thioether (sulfide) groups is 1. The fourth-order valence-corrected chi connectivity index (χ4v) is 3.02. The molecule has 4 rings (SSSR count). The minimum Gasteiger partial charge on any atom is -0.423 e. The Morgan fingerprint density at radius 3 is 2.89 bits per heavy atom. The zero-order chi connectivity index (χ0) is 19.5. The smallest absolute Gasteiger partial charge is 0.302 e. The first kappa shape index (κ1) is 17.7. The molecule has 0 aliphatic carbocycles. The maximum atomic E-state index is 12.1. The molecule has 11 heteroatoms. The van der Waals surface area contributed by atoms with E-state index in [2.05, 4.69) is 25.5 Å². The number of anilines is 1. The molecule has 2 heterocycles. The largest absolute Gasteiger partial charge is 0.423 e. The average Bonchev–Trinajstić information content (AvgIpc) is 3.33. The van der Waals surface area contributed by atoms with Gasteiger partial charge in [-0.25, -0.2) is 4.98 Å². The standard InChI is InChI=1S/C17H12N6O4S/c24-14(19-16-18-12-6-1-2-7-13(12)27-16)9-28-17-20-15(21-22-17)10-4-3-5-11(8-10)23(25)26/h1-8H,9H2,(H,18,19,24)(H,20,21,22). The second-order valence-corrected chi connectivity index (χ2v) is 6.54. The van der Waals surface area contributed by atoms with Crippen LogP contribution in [0.25, 0.3) is 22.5 Å². The molecule has 0 aliphatic heterocycles. The Morgan fingerprint density at radius 1 is 1.21 bits per heavy atom. The number of para-hydroxylation sites is 2. The van der Waals surface area contributed by atoms with Crippen LogP contribution in [0.2, 0.25) is 0 Å². The zero-order valence-corrected chi connectivity index (χ0v) is 15.0. The number of carbonyl (C=O) groups excluding carboxylic acids is 1. The molecule has 2 aromatic carbocycles. The molecule has 1 amide bonds. The van der Waals surface area contributed by atoms with Gasteiger partial charge in [0.1, 0.15) is 5.52 Å². The first-order chi connectivity index (χ1) is 13.6. The number of amides is 1. The van der Waals surface area contributed by atoms with E-state index in [0.29, 0.717) is 27.6 Å². The first-order valence-electron chi connectivity index (χ1n) is 8.04. The Labute approximate surface area is 161 Å². The van der Waals surface area contributed by atoms with Crippen molar-refractivity contribution in [1.29, 1.82) is 0 Å². The van der Waals surface area contributed by atoms with Gasteiger partial charge in [-0.05, 0) is 12.1 Å². The van der Waals surface area contributed by atoms with Crippen LogP contribution in [0.1, 0.15) is 0 Å². The SMILES string of the molecule is O=C(CSc1n[nH]c(-c2cccc([N+](=O)[O-])c2)n1)Nc1nc2ccccc2o1. The summed E-state index contributed by atoms with van der Waals surface area (Å²) >= 11 is 1.11. The minimum atomic E-state index is -0.480. The highest BCUT2D eigenvalue weighted by Crippen LogP contribution is 2.23. The number of benzene rings is 2. The van der Waals surface area contributed by atoms with Crippen molar-refractivity contribution in [3.05, 3.63) is 58.6 Å². The number of non-ortho nitro benzene ring substituents is 1. The summed E-state index contributed by atoms with van der Waals surface area (Å²) in [6.45, 7) is 0. The fourth-order valence-electron chi connectivity index (χ4n) is 2.42. The van der Waals surface area contributed by atoms with Crippen molar-refractivity contribution < 1.29 is 14.1 Å². The van der Waals surface area contributed by atoms with Crippen LogP contribution in [-0.2, 0) is 4.79 Å². The van der Waals surface area contributed by atoms with Crippen LogP contribution in [-0.4, -0.2) is 36.7 Å². The summed E-state index contributed by atoms with van der Waals surface area (Å²) in [5, 5.41) is 20.5. The third-order valence-electron chi connectivity index (χ3n) is 3.67. The second kappa shape index (κ2) is 7.48. The van der Waals surface area contributed by atoms with Gasteiger partial charge in [-0.15, -0.1) is 5.10 Å². The number of aromatic nitrogens is 4. The number of hydrogen-bond donors (Lipinski definition) is 2. The summed E-state index contributed by atoms with van der Waals surface area (Å²) in [5.41, 5.74) is 1.73. The molecule has 4 aromatic rings. The van der Waals surface area contributed by atoms with Crippen LogP contribution in [0, 0.1) is 10.1 Å². The number of rotatable bonds is 6. The molecule has 0 atom stereocenters. The molecule has 2 N–H and O–H groups in total. The van der Waals surface area contributed by atoms with Crippen molar-refractivity contribution in [1.82, 2.24) is 20.2 Å². The summed E-state index contributed by atoms with van der Waals surface area (Å²) < 4.78 is 5.44. The number of fused-ring (bicyclic) bond motifs is 1. The van der Waals surface area contributed by atoms with Gasteiger partial charge in [0.15, 0.2) is 11.4 Å². The van der Waals surface area contributed by atoms with Crippen molar-refractivity contribution in [2.75, 3.05) is 11.1 Å². The summed E-state index contributed by atoms with van der Waals surface area (Å²) in [4.78, 5) is 30.9. The van der Waals surface area contributed by atoms with Gasteiger partial charge >= 0.3 is 6.01 Å². The molecule has 140 valence electrons. The molecule has 10 nitrogen and oxygen atoms in total. The van der Waals surface area contributed by atoms with Gasteiger partial charge in [-0.3, -0.25) is 25.3 Å². The lowest BCUT2D eigenvalue weighted by Crippen LogP contribution is -2.14. The molecule has 2 aromatic heterocycles. The topological polar surface area (TPSA) is 140 Å². The monoisotopic (exact) mass is 396 g/mol. The Morgan fingerprint density at radius 2 is 2.07 bits per heavy atom. The maximum absolute atomic E-state index is 12.1. The van der Waals surface area contributed by atoms with E-state index in [-0.39, 0.29) is 23.4 Å². The number of oxazole rings is 1. The number of nitrogens with one attached hydrogen (secondary N) is 2. The number of nitrogens with zero attached hydrogens (tertiary/aromatic N) is 4. The molecule has 0 fully saturated rings. The number of nitro groups is 1. The van der Waals surface area contributed by atoms with Crippen LogP contribution in [0.15, 0.2) is 58.1 Å². The van der Waals surface area contributed by atoms with Gasteiger partial charge in [0.2, 0.25) is 11.1 Å². The second-order valence-electron chi connectivity index (χ2n) is 5.60. The van der Waals surface area contributed by atoms with E-state index in [4.69, 9.17) is 4.42 Å². The number of carbonyl (C=O) groups is 1. The summed E-state index contributed by atoms with van der Waals surface area (Å²) in [6, 6.07) is 13.4. The summed E-state index contributed by atoms with van der Waals surface area (Å²) in [6.07, 6.45) is 0. The molecule has 0 bridgehead atoms. The predicted molar refractivity (Wildman–Crippen MR) is 102 cm³/mol. The normalized spacial score (nSPS) is 10.9.